The maximum absolute atomic E-state index is 12.8. The van der Waals surface area contributed by atoms with E-state index in [1.54, 1.807) is 24.3 Å². The Labute approximate surface area is 157 Å². The van der Waals surface area contributed by atoms with Gasteiger partial charge in [-0.25, -0.2) is 8.42 Å². The van der Waals surface area contributed by atoms with Crippen LogP contribution in [0.3, 0.4) is 0 Å². The lowest BCUT2D eigenvalue weighted by atomic mass is 9.95. The highest BCUT2D eigenvalue weighted by molar-refractivity contribution is 7.92. The molecule has 2 N–H and O–H groups in total. The van der Waals surface area contributed by atoms with E-state index in [1.807, 2.05) is 12.1 Å². The van der Waals surface area contributed by atoms with Gasteiger partial charge in [0.25, 0.3) is 0 Å². The predicted octanol–water partition coefficient (Wildman–Crippen LogP) is 3.39. The van der Waals surface area contributed by atoms with Gasteiger partial charge in [-0.15, -0.1) is 0 Å². The smallest absolute Gasteiger partial charge is 0.235 e. The second-order valence-corrected chi connectivity index (χ2v) is 8.52. The summed E-state index contributed by atoms with van der Waals surface area (Å²) in [7, 11) is -2.03. The standard InChI is InChI=1S/C18H19ClN2O4S/c1-25-16-8-7-14(11-15(16)21-26(2,23)24)20-17(22)18(9-10-18)12-3-5-13(19)6-4-12/h3-8,11,21H,9-10H2,1-2H3,(H,20,22). The van der Waals surface area contributed by atoms with E-state index in [0.717, 1.165) is 24.7 Å². The largest absolute Gasteiger partial charge is 0.495 e. The van der Waals surface area contributed by atoms with Gasteiger partial charge in [0.1, 0.15) is 5.75 Å². The maximum Gasteiger partial charge on any atom is 0.235 e. The zero-order valence-electron chi connectivity index (χ0n) is 14.4. The number of ether oxygens (including phenoxy) is 1. The van der Waals surface area contributed by atoms with Crippen molar-refractivity contribution < 1.29 is 17.9 Å². The lowest BCUT2D eigenvalue weighted by Crippen LogP contribution is -2.27. The lowest BCUT2D eigenvalue weighted by Gasteiger charge is -2.17. The molecule has 8 heteroatoms. The van der Waals surface area contributed by atoms with Crippen LogP contribution in [0.2, 0.25) is 5.02 Å². The van der Waals surface area contributed by atoms with Crippen LogP contribution in [0.25, 0.3) is 0 Å². The van der Waals surface area contributed by atoms with Gasteiger partial charge in [0.2, 0.25) is 15.9 Å². The van der Waals surface area contributed by atoms with Gasteiger partial charge >= 0.3 is 0 Å². The summed E-state index contributed by atoms with van der Waals surface area (Å²) in [5.74, 6) is 0.238. The molecular weight excluding hydrogens is 376 g/mol. The van der Waals surface area contributed by atoms with Gasteiger partial charge in [-0.3, -0.25) is 9.52 Å². The molecule has 2 aromatic carbocycles. The summed E-state index contributed by atoms with van der Waals surface area (Å²) in [6, 6.07) is 12.1. The Kier molecular flexibility index (Phi) is 4.86. The van der Waals surface area contributed by atoms with Crippen molar-refractivity contribution >= 4 is 38.9 Å². The Morgan fingerprint density at radius 2 is 1.81 bits per heavy atom. The highest BCUT2D eigenvalue weighted by Gasteiger charge is 2.51. The summed E-state index contributed by atoms with van der Waals surface area (Å²) in [6.45, 7) is 0. The van der Waals surface area contributed by atoms with E-state index in [-0.39, 0.29) is 11.6 Å². The molecule has 138 valence electrons. The fourth-order valence-corrected chi connectivity index (χ4v) is 3.54. The number of carbonyl (C=O) groups excluding carboxylic acids is 1. The van der Waals surface area contributed by atoms with Gasteiger partial charge in [0.15, 0.2) is 0 Å². The summed E-state index contributed by atoms with van der Waals surface area (Å²) in [5.41, 5.74) is 1.11. The molecule has 0 bridgehead atoms. The summed E-state index contributed by atoms with van der Waals surface area (Å²) in [5, 5.41) is 3.49. The van der Waals surface area contributed by atoms with Crippen LogP contribution < -0.4 is 14.8 Å². The Morgan fingerprint density at radius 3 is 2.35 bits per heavy atom. The first-order valence-electron chi connectivity index (χ1n) is 7.97. The first-order valence-corrected chi connectivity index (χ1v) is 10.2. The fourth-order valence-electron chi connectivity index (χ4n) is 2.86. The highest BCUT2D eigenvalue weighted by atomic mass is 35.5. The average molecular weight is 395 g/mol. The highest BCUT2D eigenvalue weighted by Crippen LogP contribution is 2.49. The molecular formula is C18H19ClN2O4S. The van der Waals surface area contributed by atoms with Crippen LogP contribution in [0.5, 0.6) is 5.75 Å². The first-order chi connectivity index (χ1) is 12.2. The SMILES string of the molecule is COc1ccc(NC(=O)C2(c3ccc(Cl)cc3)CC2)cc1NS(C)(=O)=O. The maximum atomic E-state index is 12.8. The summed E-state index contributed by atoms with van der Waals surface area (Å²) < 4.78 is 30.6. The molecule has 0 heterocycles. The quantitative estimate of drug-likeness (QED) is 0.786. The number of sulfonamides is 1. The number of amides is 1. The fraction of sp³-hybridized carbons (Fsp3) is 0.278. The molecule has 0 spiro atoms. The van der Waals surface area contributed by atoms with Crippen LogP contribution in [0, 0.1) is 0 Å². The molecule has 1 amide bonds. The van der Waals surface area contributed by atoms with E-state index in [1.165, 1.54) is 13.2 Å². The Balaban J connectivity index is 1.83. The molecule has 1 saturated carbocycles. The van der Waals surface area contributed by atoms with Gasteiger partial charge in [0.05, 0.1) is 24.5 Å². The molecule has 0 unspecified atom stereocenters. The van der Waals surface area contributed by atoms with Gasteiger partial charge in [0, 0.05) is 10.7 Å². The molecule has 0 aliphatic heterocycles. The van der Waals surface area contributed by atoms with Gasteiger partial charge < -0.3 is 10.1 Å². The van der Waals surface area contributed by atoms with E-state index in [4.69, 9.17) is 16.3 Å². The average Bonchev–Trinajstić information content (AvgIpc) is 3.36. The second-order valence-electron chi connectivity index (χ2n) is 6.33. The molecule has 0 radical (unpaired) electrons. The first kappa shape index (κ1) is 18.5. The monoisotopic (exact) mass is 394 g/mol. The summed E-state index contributed by atoms with van der Waals surface area (Å²) in [6.07, 6.45) is 2.56. The molecule has 0 saturated heterocycles. The number of halogens is 1. The number of nitrogens with one attached hydrogen (secondary N) is 2. The Morgan fingerprint density at radius 1 is 1.15 bits per heavy atom. The Bertz CT molecular complexity index is 938. The van der Waals surface area contributed by atoms with E-state index in [2.05, 4.69) is 10.0 Å². The second kappa shape index (κ2) is 6.81. The molecule has 0 aromatic heterocycles. The molecule has 6 nitrogen and oxygen atoms in total. The zero-order valence-corrected chi connectivity index (χ0v) is 15.9. The van der Waals surface area contributed by atoms with Crippen molar-refractivity contribution in [3.63, 3.8) is 0 Å². The van der Waals surface area contributed by atoms with Crippen molar-refractivity contribution in [1.82, 2.24) is 0 Å². The zero-order chi connectivity index (χ0) is 18.9. The van der Waals surface area contributed by atoms with Crippen molar-refractivity contribution in [3.8, 4) is 5.75 Å². The van der Waals surface area contributed by atoms with Crippen LogP contribution >= 0.6 is 11.6 Å². The number of carbonyl (C=O) groups is 1. The minimum absolute atomic E-state index is 0.129. The molecule has 26 heavy (non-hydrogen) atoms. The van der Waals surface area contributed by atoms with Crippen molar-refractivity contribution in [1.29, 1.82) is 0 Å². The molecule has 1 fully saturated rings. The number of rotatable bonds is 6. The van der Waals surface area contributed by atoms with Gasteiger partial charge in [-0.05, 0) is 48.7 Å². The van der Waals surface area contributed by atoms with Crippen LogP contribution in [0.1, 0.15) is 18.4 Å². The van der Waals surface area contributed by atoms with Crippen molar-refractivity contribution in [2.75, 3.05) is 23.4 Å². The van der Waals surface area contributed by atoms with E-state index in [9.17, 15) is 13.2 Å². The van der Waals surface area contributed by atoms with E-state index >= 15 is 0 Å². The third-order valence-corrected chi connectivity index (χ3v) is 5.18. The minimum atomic E-state index is -3.47. The summed E-state index contributed by atoms with van der Waals surface area (Å²) >= 11 is 5.92. The van der Waals surface area contributed by atoms with Gasteiger partial charge in [-0.2, -0.15) is 0 Å². The summed E-state index contributed by atoms with van der Waals surface area (Å²) in [4.78, 5) is 12.8. The van der Waals surface area contributed by atoms with Crippen LogP contribution in [0.15, 0.2) is 42.5 Å². The lowest BCUT2D eigenvalue weighted by molar-refractivity contribution is -0.118. The number of anilines is 2. The topological polar surface area (TPSA) is 84.5 Å². The predicted molar refractivity (Wildman–Crippen MR) is 102 cm³/mol. The molecule has 0 atom stereocenters. The van der Waals surface area contributed by atoms with E-state index < -0.39 is 15.4 Å². The molecule has 3 rings (SSSR count). The normalized spacial score (nSPS) is 15.2. The molecule has 1 aliphatic carbocycles. The van der Waals surface area contributed by atoms with Crippen LogP contribution in [0.4, 0.5) is 11.4 Å². The van der Waals surface area contributed by atoms with Crippen LogP contribution in [-0.4, -0.2) is 27.7 Å². The van der Waals surface area contributed by atoms with Crippen molar-refractivity contribution in [3.05, 3.63) is 53.1 Å². The number of benzene rings is 2. The third kappa shape index (κ3) is 3.94. The number of hydrogen-bond donors (Lipinski definition) is 2. The minimum Gasteiger partial charge on any atom is -0.495 e. The van der Waals surface area contributed by atoms with Gasteiger partial charge in [-0.1, -0.05) is 23.7 Å². The van der Waals surface area contributed by atoms with Crippen molar-refractivity contribution in [2.24, 2.45) is 0 Å². The molecule has 1 aliphatic rings. The Hall–Kier alpha value is -2.25. The van der Waals surface area contributed by atoms with E-state index in [0.29, 0.717) is 16.5 Å². The van der Waals surface area contributed by atoms with Crippen molar-refractivity contribution in [2.45, 2.75) is 18.3 Å². The number of hydrogen-bond acceptors (Lipinski definition) is 4. The third-order valence-electron chi connectivity index (χ3n) is 4.33. The molecule has 2 aromatic rings. The number of methoxy groups -OCH3 is 1. The van der Waals surface area contributed by atoms with Crippen LogP contribution in [-0.2, 0) is 20.2 Å².